The van der Waals surface area contributed by atoms with Crippen molar-refractivity contribution >= 4 is 0 Å². The molecule has 0 saturated carbocycles. The molecule has 29 heavy (non-hydrogen) atoms. The van der Waals surface area contributed by atoms with Gasteiger partial charge in [0, 0.05) is 23.7 Å². The normalized spacial score (nSPS) is 10.8. The molecule has 4 rings (SSSR count). The average molecular weight is 390 g/mol. The van der Waals surface area contributed by atoms with E-state index in [9.17, 15) is 14.4 Å². The average Bonchev–Trinajstić information content (AvgIpc) is 3.31. The second-order valence-corrected chi connectivity index (χ2v) is 6.49. The van der Waals surface area contributed by atoms with E-state index in [4.69, 9.17) is 4.52 Å². The number of aryl methyl sites for hydroxylation is 2. The summed E-state index contributed by atoms with van der Waals surface area (Å²) in [4.78, 5) is 23.1. The molecule has 8 nitrogen and oxygen atoms in total. The number of hydrogen-bond donors (Lipinski definition) is 1. The SMILES string of the molecule is Cc1cc(-c2ccc(F)c(-c3noc(Cn4ccnc4C)n3)c2)c(C#N)c(=O)[nH]1. The first kappa shape index (κ1) is 18.3. The number of H-pyrrole nitrogens is 1. The standard InChI is InChI=1S/C20H15FN6O2/c1-11-7-14(16(9-22)20(28)24-11)13-3-4-17(21)15(8-13)19-25-18(29-26-19)10-27-6-5-23-12(27)2/h3-8H,10H2,1-2H3,(H,24,28). The van der Waals surface area contributed by atoms with E-state index in [1.165, 1.54) is 18.2 Å². The van der Waals surface area contributed by atoms with Crippen LogP contribution in [0.4, 0.5) is 4.39 Å². The van der Waals surface area contributed by atoms with Crippen molar-refractivity contribution < 1.29 is 8.91 Å². The predicted molar refractivity (Wildman–Crippen MR) is 101 cm³/mol. The Morgan fingerprint density at radius 1 is 1.28 bits per heavy atom. The summed E-state index contributed by atoms with van der Waals surface area (Å²) in [7, 11) is 0. The van der Waals surface area contributed by atoms with E-state index in [0.717, 1.165) is 5.82 Å². The highest BCUT2D eigenvalue weighted by Gasteiger charge is 2.17. The molecule has 3 heterocycles. The first-order valence-electron chi connectivity index (χ1n) is 8.71. The molecule has 1 N–H and O–H groups in total. The number of rotatable bonds is 4. The summed E-state index contributed by atoms with van der Waals surface area (Å²) in [6, 6.07) is 7.82. The molecule has 0 saturated heterocycles. The Balaban J connectivity index is 1.75. The van der Waals surface area contributed by atoms with Crippen LogP contribution in [0.25, 0.3) is 22.5 Å². The maximum atomic E-state index is 14.5. The van der Waals surface area contributed by atoms with Crippen molar-refractivity contribution in [3.8, 4) is 28.6 Å². The predicted octanol–water partition coefficient (Wildman–Crippen LogP) is 2.96. The van der Waals surface area contributed by atoms with Crippen LogP contribution in [0, 0.1) is 31.0 Å². The van der Waals surface area contributed by atoms with Gasteiger partial charge in [-0.05, 0) is 37.6 Å². The minimum Gasteiger partial charge on any atom is -0.337 e. The van der Waals surface area contributed by atoms with Gasteiger partial charge < -0.3 is 14.1 Å². The summed E-state index contributed by atoms with van der Waals surface area (Å²) in [5, 5.41) is 13.2. The Hall–Kier alpha value is -4.06. The molecule has 0 aliphatic heterocycles. The van der Waals surface area contributed by atoms with Crippen LogP contribution in [-0.2, 0) is 6.54 Å². The molecule has 0 aliphatic carbocycles. The minimum atomic E-state index is -0.542. The Kier molecular flexibility index (Phi) is 4.52. The van der Waals surface area contributed by atoms with Crippen LogP contribution in [0.2, 0.25) is 0 Å². The van der Waals surface area contributed by atoms with Crippen molar-refractivity contribution in [2.45, 2.75) is 20.4 Å². The fourth-order valence-electron chi connectivity index (χ4n) is 3.04. The Labute approximate surface area is 164 Å². The molecule has 144 valence electrons. The molecule has 0 bridgehead atoms. The molecule has 9 heteroatoms. The number of nitrogens with one attached hydrogen (secondary N) is 1. The van der Waals surface area contributed by atoms with Crippen LogP contribution < -0.4 is 5.56 Å². The number of pyridine rings is 1. The summed E-state index contributed by atoms with van der Waals surface area (Å²) < 4.78 is 21.6. The molecule has 0 atom stereocenters. The fourth-order valence-corrected chi connectivity index (χ4v) is 3.04. The van der Waals surface area contributed by atoms with Crippen LogP contribution in [0.5, 0.6) is 0 Å². The van der Waals surface area contributed by atoms with Gasteiger partial charge in [0.15, 0.2) is 0 Å². The lowest BCUT2D eigenvalue weighted by molar-refractivity contribution is 0.370. The smallest absolute Gasteiger partial charge is 0.266 e. The lowest BCUT2D eigenvalue weighted by atomic mass is 9.98. The van der Waals surface area contributed by atoms with E-state index in [2.05, 4.69) is 20.1 Å². The van der Waals surface area contributed by atoms with Gasteiger partial charge in [-0.1, -0.05) is 11.2 Å². The lowest BCUT2D eigenvalue weighted by Crippen LogP contribution is -2.12. The van der Waals surface area contributed by atoms with Crippen molar-refractivity contribution in [3.05, 3.63) is 75.8 Å². The number of hydrogen-bond acceptors (Lipinski definition) is 6. The molecule has 0 aliphatic rings. The van der Waals surface area contributed by atoms with Crippen molar-refractivity contribution in [1.82, 2.24) is 24.7 Å². The highest BCUT2D eigenvalue weighted by Crippen LogP contribution is 2.28. The molecule has 0 radical (unpaired) electrons. The van der Waals surface area contributed by atoms with E-state index in [-0.39, 0.29) is 17.0 Å². The molecular formula is C20H15FN6O2. The summed E-state index contributed by atoms with van der Waals surface area (Å²) >= 11 is 0. The maximum Gasteiger partial charge on any atom is 0.266 e. The van der Waals surface area contributed by atoms with E-state index >= 15 is 0 Å². The quantitative estimate of drug-likeness (QED) is 0.573. The Bertz CT molecular complexity index is 1310. The number of imidazole rings is 1. The number of aromatic amines is 1. The lowest BCUT2D eigenvalue weighted by Gasteiger charge is -2.07. The van der Waals surface area contributed by atoms with Crippen molar-refractivity contribution in [2.24, 2.45) is 0 Å². The van der Waals surface area contributed by atoms with Gasteiger partial charge in [0.05, 0.1) is 5.56 Å². The van der Waals surface area contributed by atoms with Crippen LogP contribution in [0.15, 0.2) is 46.0 Å². The molecule has 1 aromatic carbocycles. The largest absolute Gasteiger partial charge is 0.337 e. The van der Waals surface area contributed by atoms with E-state index in [0.29, 0.717) is 29.3 Å². The molecule has 0 spiro atoms. The van der Waals surface area contributed by atoms with E-state index in [1.54, 1.807) is 25.4 Å². The minimum absolute atomic E-state index is 0.0439. The van der Waals surface area contributed by atoms with Crippen molar-refractivity contribution in [2.75, 3.05) is 0 Å². The van der Waals surface area contributed by atoms with Gasteiger partial charge in [-0.2, -0.15) is 10.2 Å². The fraction of sp³-hybridized carbons (Fsp3) is 0.150. The summed E-state index contributed by atoms with van der Waals surface area (Å²) in [6.45, 7) is 3.86. The van der Waals surface area contributed by atoms with E-state index < -0.39 is 11.4 Å². The van der Waals surface area contributed by atoms with Crippen LogP contribution in [-0.4, -0.2) is 24.7 Å². The summed E-state index contributed by atoms with van der Waals surface area (Å²) in [6.07, 6.45) is 3.44. The number of halogens is 1. The highest BCUT2D eigenvalue weighted by molar-refractivity contribution is 5.74. The molecule has 3 aromatic heterocycles. The van der Waals surface area contributed by atoms with Gasteiger partial charge in [0.25, 0.3) is 5.56 Å². The Morgan fingerprint density at radius 3 is 2.83 bits per heavy atom. The van der Waals surface area contributed by atoms with Crippen molar-refractivity contribution in [1.29, 1.82) is 5.26 Å². The third-order valence-corrected chi connectivity index (χ3v) is 4.50. The van der Waals surface area contributed by atoms with Gasteiger partial charge in [-0.25, -0.2) is 9.37 Å². The van der Waals surface area contributed by atoms with Gasteiger partial charge in [-0.15, -0.1) is 0 Å². The zero-order valence-corrected chi connectivity index (χ0v) is 15.6. The first-order valence-corrected chi connectivity index (χ1v) is 8.71. The zero-order valence-electron chi connectivity index (χ0n) is 15.6. The second-order valence-electron chi connectivity index (χ2n) is 6.49. The van der Waals surface area contributed by atoms with Gasteiger partial charge in [-0.3, -0.25) is 4.79 Å². The first-order chi connectivity index (χ1) is 14.0. The van der Waals surface area contributed by atoms with Crippen molar-refractivity contribution in [3.63, 3.8) is 0 Å². The molecule has 0 fully saturated rings. The van der Waals surface area contributed by atoms with Gasteiger partial charge in [0.2, 0.25) is 11.7 Å². The van der Waals surface area contributed by atoms with Gasteiger partial charge >= 0.3 is 0 Å². The zero-order chi connectivity index (χ0) is 20.5. The number of aromatic nitrogens is 5. The van der Waals surface area contributed by atoms with Crippen LogP contribution in [0.1, 0.15) is 23.0 Å². The monoisotopic (exact) mass is 390 g/mol. The molecule has 0 amide bonds. The summed E-state index contributed by atoms with van der Waals surface area (Å²) in [5.41, 5.74) is 1.08. The number of nitriles is 1. The van der Waals surface area contributed by atoms with Crippen LogP contribution >= 0.6 is 0 Å². The topological polar surface area (TPSA) is 113 Å². The van der Waals surface area contributed by atoms with E-state index in [1.807, 2.05) is 17.6 Å². The molecule has 0 unspecified atom stereocenters. The second kappa shape index (κ2) is 7.16. The number of benzene rings is 1. The third kappa shape index (κ3) is 3.43. The Morgan fingerprint density at radius 2 is 2.10 bits per heavy atom. The third-order valence-electron chi connectivity index (χ3n) is 4.50. The molecular weight excluding hydrogens is 375 g/mol. The highest BCUT2D eigenvalue weighted by atomic mass is 19.1. The maximum absolute atomic E-state index is 14.5. The summed E-state index contributed by atoms with van der Waals surface area (Å²) in [5.74, 6) is 0.624. The van der Waals surface area contributed by atoms with Crippen LogP contribution in [0.3, 0.4) is 0 Å². The van der Waals surface area contributed by atoms with Gasteiger partial charge in [0.1, 0.15) is 29.8 Å². The molecule has 4 aromatic rings. The number of nitrogens with zero attached hydrogens (tertiary/aromatic N) is 5.